The van der Waals surface area contributed by atoms with Gasteiger partial charge in [-0.3, -0.25) is 9.59 Å². The Morgan fingerprint density at radius 2 is 1.44 bits per heavy atom. The van der Waals surface area contributed by atoms with Crippen molar-refractivity contribution in [3.05, 3.63) is 96.1 Å². The minimum atomic E-state index is -4.10. The van der Waals surface area contributed by atoms with Crippen molar-refractivity contribution in [1.29, 1.82) is 0 Å². The predicted octanol–water partition coefficient (Wildman–Crippen LogP) is 2.79. The van der Waals surface area contributed by atoms with E-state index in [-0.39, 0.29) is 18.0 Å². The Balaban J connectivity index is 1.71. The molecule has 0 aliphatic rings. The number of hydrogen-bond donors (Lipinski definition) is 2. The van der Waals surface area contributed by atoms with E-state index in [1.165, 1.54) is 31.4 Å². The lowest BCUT2D eigenvalue weighted by atomic mass is 10.2. The van der Waals surface area contributed by atoms with E-state index in [0.717, 1.165) is 11.1 Å². The molecular weight excluding hydrogens is 456 g/mol. The smallest absolute Gasteiger partial charge is 0.308 e. The first-order valence-corrected chi connectivity index (χ1v) is 12.0. The van der Waals surface area contributed by atoms with E-state index in [0.29, 0.717) is 5.75 Å². The lowest BCUT2D eigenvalue weighted by Crippen LogP contribution is -2.47. The summed E-state index contributed by atoms with van der Waals surface area (Å²) in [5, 5.41) is 2.68. The Bertz CT molecular complexity index is 1180. The second kappa shape index (κ2) is 12.0. The van der Waals surface area contributed by atoms with Crippen LogP contribution in [0.15, 0.2) is 89.8 Å². The molecule has 178 valence electrons. The number of ether oxygens (including phenoxy) is 2. The number of rotatable bonds is 11. The first kappa shape index (κ1) is 24.9. The van der Waals surface area contributed by atoms with Gasteiger partial charge in [-0.2, -0.15) is 4.72 Å². The summed E-state index contributed by atoms with van der Waals surface area (Å²) >= 11 is 0. The Morgan fingerprint density at radius 3 is 2.03 bits per heavy atom. The van der Waals surface area contributed by atoms with Crippen molar-refractivity contribution in [2.75, 3.05) is 7.11 Å². The second-order valence-corrected chi connectivity index (χ2v) is 9.12. The van der Waals surface area contributed by atoms with Crippen LogP contribution in [0.3, 0.4) is 0 Å². The fourth-order valence-corrected chi connectivity index (χ4v) is 4.27. The van der Waals surface area contributed by atoms with Gasteiger partial charge in [-0.25, -0.2) is 8.42 Å². The highest BCUT2D eigenvalue weighted by Gasteiger charge is 2.28. The number of amides is 1. The summed E-state index contributed by atoms with van der Waals surface area (Å²) in [7, 11) is -2.63. The minimum Gasteiger partial charge on any atom is -0.497 e. The molecule has 1 atom stereocenters. The quantitative estimate of drug-likeness (QED) is 0.407. The van der Waals surface area contributed by atoms with Crippen LogP contribution in [-0.2, 0) is 37.5 Å². The summed E-state index contributed by atoms with van der Waals surface area (Å²) in [4.78, 5) is 25.3. The van der Waals surface area contributed by atoms with Gasteiger partial charge in [-0.05, 0) is 35.4 Å². The average Bonchev–Trinajstić information content (AvgIpc) is 2.87. The fourth-order valence-electron chi connectivity index (χ4n) is 3.07. The molecule has 0 aliphatic heterocycles. The number of benzene rings is 3. The molecule has 3 aromatic carbocycles. The van der Waals surface area contributed by atoms with Gasteiger partial charge in [0.15, 0.2) is 0 Å². The molecule has 0 saturated carbocycles. The van der Waals surface area contributed by atoms with E-state index < -0.39 is 34.4 Å². The van der Waals surface area contributed by atoms with Crippen molar-refractivity contribution in [3.63, 3.8) is 0 Å². The van der Waals surface area contributed by atoms with Crippen LogP contribution in [-0.4, -0.2) is 33.4 Å². The van der Waals surface area contributed by atoms with E-state index >= 15 is 0 Å². The van der Waals surface area contributed by atoms with Crippen LogP contribution in [0, 0.1) is 0 Å². The standard InChI is InChI=1S/C25H26N2O6S/c1-32-21-12-14-22(15-13-21)34(30,31)27-23(25(29)26-17-19-8-4-2-5-9-19)16-24(28)33-18-20-10-6-3-7-11-20/h2-15,23,27H,16-18H2,1H3,(H,26,29)/t23-/m1/s1. The molecule has 0 bridgehead atoms. The number of carbonyl (C=O) groups is 2. The molecule has 1 amide bonds. The molecule has 0 fully saturated rings. The van der Waals surface area contributed by atoms with Crippen molar-refractivity contribution in [1.82, 2.24) is 10.0 Å². The Labute approximate surface area is 199 Å². The summed E-state index contributed by atoms with van der Waals surface area (Å²) in [5.41, 5.74) is 1.61. The zero-order chi connectivity index (χ0) is 24.4. The largest absolute Gasteiger partial charge is 0.497 e. The van der Waals surface area contributed by atoms with Gasteiger partial charge in [0.1, 0.15) is 18.4 Å². The van der Waals surface area contributed by atoms with E-state index in [9.17, 15) is 18.0 Å². The molecule has 3 aromatic rings. The predicted molar refractivity (Wildman–Crippen MR) is 126 cm³/mol. The number of nitrogens with one attached hydrogen (secondary N) is 2. The molecular formula is C25H26N2O6S. The Morgan fingerprint density at radius 1 is 0.853 bits per heavy atom. The third-order valence-electron chi connectivity index (χ3n) is 4.91. The highest BCUT2D eigenvalue weighted by Crippen LogP contribution is 2.16. The zero-order valence-corrected chi connectivity index (χ0v) is 19.5. The maximum absolute atomic E-state index is 12.9. The van der Waals surface area contributed by atoms with Crippen molar-refractivity contribution in [2.24, 2.45) is 0 Å². The molecule has 0 radical (unpaired) electrons. The summed E-state index contributed by atoms with van der Waals surface area (Å²) in [6.07, 6.45) is -0.469. The first-order chi connectivity index (χ1) is 16.4. The van der Waals surface area contributed by atoms with Crippen LogP contribution in [0.4, 0.5) is 0 Å². The van der Waals surface area contributed by atoms with Crippen molar-refractivity contribution < 1.29 is 27.5 Å². The molecule has 3 rings (SSSR count). The Kier molecular flexibility index (Phi) is 8.78. The number of hydrogen-bond acceptors (Lipinski definition) is 6. The summed E-state index contributed by atoms with van der Waals surface area (Å²) < 4.78 is 38.4. The van der Waals surface area contributed by atoms with Gasteiger partial charge in [0.2, 0.25) is 15.9 Å². The summed E-state index contributed by atoms with van der Waals surface area (Å²) in [6, 6.07) is 22.5. The van der Waals surface area contributed by atoms with Gasteiger partial charge in [-0.1, -0.05) is 60.7 Å². The molecule has 0 saturated heterocycles. The third-order valence-corrected chi connectivity index (χ3v) is 6.39. The monoisotopic (exact) mass is 482 g/mol. The maximum Gasteiger partial charge on any atom is 0.308 e. The number of esters is 1. The van der Waals surface area contributed by atoms with Gasteiger partial charge in [0, 0.05) is 6.54 Å². The van der Waals surface area contributed by atoms with E-state index in [2.05, 4.69) is 10.0 Å². The van der Waals surface area contributed by atoms with Crippen molar-refractivity contribution in [3.8, 4) is 5.75 Å². The van der Waals surface area contributed by atoms with Gasteiger partial charge in [-0.15, -0.1) is 0 Å². The maximum atomic E-state index is 12.9. The second-order valence-electron chi connectivity index (χ2n) is 7.40. The molecule has 0 aromatic heterocycles. The van der Waals surface area contributed by atoms with Crippen LogP contribution in [0.1, 0.15) is 17.5 Å². The highest BCUT2D eigenvalue weighted by molar-refractivity contribution is 7.89. The lowest BCUT2D eigenvalue weighted by Gasteiger charge is -2.18. The number of sulfonamides is 1. The molecule has 2 N–H and O–H groups in total. The van der Waals surface area contributed by atoms with E-state index in [1.807, 2.05) is 48.5 Å². The van der Waals surface area contributed by atoms with Crippen molar-refractivity contribution >= 4 is 21.9 Å². The Hall–Kier alpha value is -3.69. The molecule has 9 heteroatoms. The van der Waals surface area contributed by atoms with E-state index in [1.54, 1.807) is 12.1 Å². The van der Waals surface area contributed by atoms with Crippen LogP contribution in [0.5, 0.6) is 5.75 Å². The summed E-state index contributed by atoms with van der Waals surface area (Å²) in [6.45, 7) is 0.197. The van der Waals surface area contributed by atoms with Gasteiger partial charge in [0.05, 0.1) is 18.4 Å². The molecule has 34 heavy (non-hydrogen) atoms. The number of methoxy groups -OCH3 is 1. The fraction of sp³-hybridized carbons (Fsp3) is 0.200. The zero-order valence-electron chi connectivity index (χ0n) is 18.6. The number of carbonyl (C=O) groups excluding carboxylic acids is 2. The van der Waals surface area contributed by atoms with Crippen LogP contribution in [0.2, 0.25) is 0 Å². The molecule has 0 heterocycles. The molecule has 0 aliphatic carbocycles. The van der Waals surface area contributed by atoms with E-state index in [4.69, 9.17) is 9.47 Å². The topological polar surface area (TPSA) is 111 Å². The third kappa shape index (κ3) is 7.43. The average molecular weight is 483 g/mol. The normalized spacial score (nSPS) is 11.9. The summed E-state index contributed by atoms with van der Waals surface area (Å²) in [5.74, 6) is -0.862. The minimum absolute atomic E-state index is 0.0171. The van der Waals surface area contributed by atoms with Gasteiger partial charge < -0.3 is 14.8 Å². The molecule has 8 nitrogen and oxygen atoms in total. The first-order valence-electron chi connectivity index (χ1n) is 10.5. The van der Waals surface area contributed by atoms with Crippen LogP contribution < -0.4 is 14.8 Å². The van der Waals surface area contributed by atoms with Crippen LogP contribution in [0.25, 0.3) is 0 Å². The van der Waals surface area contributed by atoms with Crippen LogP contribution >= 0.6 is 0 Å². The molecule has 0 unspecified atom stereocenters. The van der Waals surface area contributed by atoms with Gasteiger partial charge >= 0.3 is 5.97 Å². The lowest BCUT2D eigenvalue weighted by molar-refractivity contribution is -0.146. The van der Waals surface area contributed by atoms with Crippen molar-refractivity contribution in [2.45, 2.75) is 30.5 Å². The molecule has 0 spiro atoms. The SMILES string of the molecule is COc1ccc(S(=O)(=O)N[C@H](CC(=O)OCc2ccccc2)C(=O)NCc2ccccc2)cc1. The van der Waals surface area contributed by atoms with Gasteiger partial charge in [0.25, 0.3) is 0 Å². The highest BCUT2D eigenvalue weighted by atomic mass is 32.2.